The van der Waals surface area contributed by atoms with Crippen LogP contribution in [0.25, 0.3) is 0 Å². The molecule has 0 unspecified atom stereocenters. The van der Waals surface area contributed by atoms with Crippen LogP contribution in [0.2, 0.25) is 0 Å². The zero-order chi connectivity index (χ0) is 14.1. The summed E-state index contributed by atoms with van der Waals surface area (Å²) in [6, 6.07) is 3.06. The first-order valence-corrected chi connectivity index (χ1v) is 7.27. The van der Waals surface area contributed by atoms with Crippen LogP contribution in [0.4, 0.5) is 15.8 Å². The van der Waals surface area contributed by atoms with Crippen LogP contribution in [-0.4, -0.2) is 44.7 Å². The third-order valence-electron chi connectivity index (χ3n) is 4.23. The number of nitrogens with two attached hydrogens (primary N) is 1. The Morgan fingerprint density at radius 3 is 2.55 bits per heavy atom. The Labute approximate surface area is 119 Å². The van der Waals surface area contributed by atoms with E-state index < -0.39 is 0 Å². The number of benzene rings is 1. The van der Waals surface area contributed by atoms with Gasteiger partial charge in [-0.3, -0.25) is 4.90 Å². The van der Waals surface area contributed by atoms with Crippen LogP contribution in [0, 0.1) is 11.7 Å². The van der Waals surface area contributed by atoms with Gasteiger partial charge in [-0.25, -0.2) is 4.39 Å². The van der Waals surface area contributed by atoms with Crippen molar-refractivity contribution in [3.8, 4) is 5.75 Å². The molecule has 0 atom stereocenters. The van der Waals surface area contributed by atoms with Crippen LogP contribution >= 0.6 is 0 Å². The molecule has 0 amide bonds. The highest BCUT2D eigenvalue weighted by atomic mass is 19.1. The molecule has 0 aromatic heterocycles. The topological polar surface area (TPSA) is 41.7 Å². The van der Waals surface area contributed by atoms with Gasteiger partial charge in [-0.2, -0.15) is 0 Å². The summed E-state index contributed by atoms with van der Waals surface area (Å²) in [4.78, 5) is 4.57. The summed E-state index contributed by atoms with van der Waals surface area (Å²) in [5, 5.41) is 0. The summed E-state index contributed by atoms with van der Waals surface area (Å²) in [5.74, 6) is 1.19. The highest BCUT2D eigenvalue weighted by Gasteiger charge is 2.27. The SMILES string of the molecule is COc1cc(N2CCN(CC3CC3)CC2)c(F)cc1N. The second-order valence-electron chi connectivity index (χ2n) is 5.78. The van der Waals surface area contributed by atoms with Crippen LogP contribution in [0.1, 0.15) is 12.8 Å². The van der Waals surface area contributed by atoms with E-state index in [0.717, 1.165) is 32.1 Å². The third-order valence-corrected chi connectivity index (χ3v) is 4.23. The number of piperazine rings is 1. The number of nitrogen functional groups attached to an aromatic ring is 1. The molecule has 2 aliphatic rings. The van der Waals surface area contributed by atoms with Crippen molar-refractivity contribution in [2.24, 2.45) is 5.92 Å². The van der Waals surface area contributed by atoms with Gasteiger partial charge in [0.15, 0.2) is 0 Å². The quantitative estimate of drug-likeness (QED) is 0.855. The van der Waals surface area contributed by atoms with Gasteiger partial charge in [0.25, 0.3) is 0 Å². The molecule has 3 rings (SSSR count). The van der Waals surface area contributed by atoms with Crippen LogP contribution in [0.3, 0.4) is 0 Å². The fraction of sp³-hybridized carbons (Fsp3) is 0.600. The zero-order valence-electron chi connectivity index (χ0n) is 11.9. The van der Waals surface area contributed by atoms with Gasteiger partial charge < -0.3 is 15.4 Å². The standard InChI is InChI=1S/C15H22FN3O/c1-20-15-9-14(12(16)8-13(15)17)19-6-4-18(5-7-19)10-11-2-3-11/h8-9,11H,2-7,10,17H2,1H3. The van der Waals surface area contributed by atoms with Crippen molar-refractivity contribution in [2.75, 3.05) is 50.5 Å². The number of nitrogens with zero attached hydrogens (tertiary/aromatic N) is 2. The Morgan fingerprint density at radius 2 is 1.95 bits per heavy atom. The van der Waals surface area contributed by atoms with Gasteiger partial charge in [-0.05, 0) is 18.8 Å². The molecule has 0 spiro atoms. The highest BCUT2D eigenvalue weighted by Crippen LogP contribution is 2.32. The van der Waals surface area contributed by atoms with Gasteiger partial charge in [0.2, 0.25) is 0 Å². The van der Waals surface area contributed by atoms with Crippen molar-refractivity contribution in [1.82, 2.24) is 4.90 Å². The minimum absolute atomic E-state index is 0.265. The summed E-state index contributed by atoms with van der Waals surface area (Å²) in [5.41, 5.74) is 6.67. The van der Waals surface area contributed by atoms with E-state index in [1.54, 1.807) is 13.2 Å². The van der Waals surface area contributed by atoms with Crippen molar-refractivity contribution in [3.63, 3.8) is 0 Å². The Morgan fingerprint density at radius 1 is 1.25 bits per heavy atom. The van der Waals surface area contributed by atoms with Crippen molar-refractivity contribution in [3.05, 3.63) is 17.9 Å². The molecule has 2 N–H and O–H groups in total. The van der Waals surface area contributed by atoms with Crippen LogP contribution in [-0.2, 0) is 0 Å². The molecule has 2 fully saturated rings. The van der Waals surface area contributed by atoms with E-state index in [1.807, 2.05) is 0 Å². The van der Waals surface area contributed by atoms with Gasteiger partial charge in [-0.15, -0.1) is 0 Å². The molecule has 1 aromatic carbocycles. The van der Waals surface area contributed by atoms with Gasteiger partial charge in [-0.1, -0.05) is 0 Å². The number of methoxy groups -OCH3 is 1. The van der Waals surface area contributed by atoms with Gasteiger partial charge in [0.1, 0.15) is 11.6 Å². The number of halogens is 1. The summed E-state index contributed by atoms with van der Waals surface area (Å²) in [6.07, 6.45) is 2.76. The van der Waals surface area contributed by atoms with E-state index in [0.29, 0.717) is 17.1 Å². The van der Waals surface area contributed by atoms with Gasteiger partial charge >= 0.3 is 0 Å². The first-order chi connectivity index (χ1) is 9.67. The van der Waals surface area contributed by atoms with Crippen molar-refractivity contribution in [1.29, 1.82) is 0 Å². The number of hydrogen-bond donors (Lipinski definition) is 1. The Hall–Kier alpha value is -1.49. The number of rotatable bonds is 4. The van der Waals surface area contributed by atoms with Gasteiger partial charge in [0, 0.05) is 44.9 Å². The molecule has 0 radical (unpaired) electrons. The first-order valence-electron chi connectivity index (χ1n) is 7.27. The average molecular weight is 279 g/mol. The molecule has 1 heterocycles. The molecule has 1 aliphatic heterocycles. The predicted octanol–water partition coefficient (Wildman–Crippen LogP) is 1.95. The smallest absolute Gasteiger partial charge is 0.148 e. The maximum atomic E-state index is 14.1. The van der Waals surface area contributed by atoms with E-state index in [-0.39, 0.29) is 5.82 Å². The van der Waals surface area contributed by atoms with E-state index in [4.69, 9.17) is 10.5 Å². The van der Waals surface area contributed by atoms with Crippen molar-refractivity contribution >= 4 is 11.4 Å². The van der Waals surface area contributed by atoms with E-state index in [9.17, 15) is 4.39 Å². The van der Waals surface area contributed by atoms with Gasteiger partial charge in [0.05, 0.1) is 18.5 Å². The third kappa shape index (κ3) is 2.82. The predicted molar refractivity (Wildman–Crippen MR) is 78.7 cm³/mol. The molecular formula is C15H22FN3O. The monoisotopic (exact) mass is 279 g/mol. The molecule has 1 saturated carbocycles. The summed E-state index contributed by atoms with van der Waals surface area (Å²) < 4.78 is 19.3. The Balaban J connectivity index is 1.67. The largest absolute Gasteiger partial charge is 0.495 e. The fourth-order valence-corrected chi connectivity index (χ4v) is 2.81. The van der Waals surface area contributed by atoms with Crippen molar-refractivity contribution in [2.45, 2.75) is 12.8 Å². The lowest BCUT2D eigenvalue weighted by Gasteiger charge is -2.36. The van der Waals surface area contributed by atoms with E-state index in [2.05, 4.69) is 9.80 Å². The summed E-state index contributed by atoms with van der Waals surface area (Å²) in [7, 11) is 1.56. The normalized spacial score (nSPS) is 20.2. The van der Waals surface area contributed by atoms with Crippen LogP contribution in [0.5, 0.6) is 5.75 Å². The van der Waals surface area contributed by atoms with Crippen LogP contribution in [0.15, 0.2) is 12.1 Å². The first kappa shape index (κ1) is 13.5. The second kappa shape index (κ2) is 5.48. The van der Waals surface area contributed by atoms with E-state index >= 15 is 0 Å². The molecule has 0 bridgehead atoms. The lowest BCUT2D eigenvalue weighted by molar-refractivity contribution is 0.247. The Bertz CT molecular complexity index is 482. The highest BCUT2D eigenvalue weighted by molar-refractivity contribution is 5.63. The molecular weight excluding hydrogens is 257 g/mol. The molecule has 1 aliphatic carbocycles. The number of anilines is 2. The minimum Gasteiger partial charge on any atom is -0.495 e. The van der Waals surface area contributed by atoms with E-state index in [1.165, 1.54) is 25.5 Å². The number of hydrogen-bond acceptors (Lipinski definition) is 4. The average Bonchev–Trinajstić information content (AvgIpc) is 3.24. The molecule has 4 nitrogen and oxygen atoms in total. The summed E-state index contributed by atoms with van der Waals surface area (Å²) in [6.45, 7) is 4.93. The molecule has 1 aromatic rings. The molecule has 110 valence electrons. The lowest BCUT2D eigenvalue weighted by atomic mass is 10.2. The maximum Gasteiger partial charge on any atom is 0.148 e. The molecule has 1 saturated heterocycles. The zero-order valence-corrected chi connectivity index (χ0v) is 11.9. The number of ether oxygens (including phenoxy) is 1. The molecule has 20 heavy (non-hydrogen) atoms. The fourth-order valence-electron chi connectivity index (χ4n) is 2.81. The maximum absolute atomic E-state index is 14.1. The summed E-state index contributed by atoms with van der Waals surface area (Å²) >= 11 is 0. The lowest BCUT2D eigenvalue weighted by Crippen LogP contribution is -2.47. The van der Waals surface area contributed by atoms with Crippen molar-refractivity contribution < 1.29 is 9.13 Å². The second-order valence-corrected chi connectivity index (χ2v) is 5.78. The van der Waals surface area contributed by atoms with Crippen LogP contribution < -0.4 is 15.4 Å². The Kier molecular flexibility index (Phi) is 3.70. The molecule has 5 heteroatoms. The minimum atomic E-state index is -0.265.